The van der Waals surface area contributed by atoms with Crippen LogP contribution in [0.1, 0.15) is 5.56 Å². The van der Waals surface area contributed by atoms with Gasteiger partial charge in [-0.2, -0.15) is 0 Å². The first-order valence-electron chi connectivity index (χ1n) is 4.41. The first-order valence-corrected chi connectivity index (χ1v) is 4.41. The second-order valence-electron chi connectivity index (χ2n) is 2.92. The molecule has 0 saturated carbocycles. The Morgan fingerprint density at radius 3 is 2.80 bits per heavy atom. The van der Waals surface area contributed by atoms with E-state index in [-0.39, 0.29) is 0 Å². The van der Waals surface area contributed by atoms with Crippen LogP contribution >= 0.6 is 0 Å². The van der Waals surface area contributed by atoms with Crippen LogP contribution in [0.3, 0.4) is 0 Å². The van der Waals surface area contributed by atoms with E-state index < -0.39 is 6.09 Å². The molecule has 0 saturated heterocycles. The van der Waals surface area contributed by atoms with Gasteiger partial charge in [0.25, 0.3) is 0 Å². The Labute approximate surface area is 88.2 Å². The number of methoxy groups -OCH3 is 2. The van der Waals surface area contributed by atoms with Crippen molar-refractivity contribution in [3.63, 3.8) is 0 Å². The predicted octanol–water partition coefficient (Wildman–Crippen LogP) is 1.13. The van der Waals surface area contributed by atoms with Crippen LogP contribution < -0.4 is 15.8 Å². The lowest BCUT2D eigenvalue weighted by atomic mass is 10.2. The van der Waals surface area contributed by atoms with Crippen LogP contribution in [0.2, 0.25) is 0 Å². The molecule has 15 heavy (non-hydrogen) atoms. The molecule has 0 spiro atoms. The molecule has 0 radical (unpaired) electrons. The van der Waals surface area contributed by atoms with Crippen molar-refractivity contribution in [3.8, 4) is 5.75 Å². The molecule has 82 valence electrons. The van der Waals surface area contributed by atoms with Crippen molar-refractivity contribution < 1.29 is 14.3 Å². The van der Waals surface area contributed by atoms with Crippen LogP contribution in [-0.2, 0) is 11.3 Å². The lowest BCUT2D eigenvalue weighted by molar-refractivity contribution is 0.170. The summed E-state index contributed by atoms with van der Waals surface area (Å²) in [6, 6.07) is 5.23. The topological polar surface area (TPSA) is 73.6 Å². The number of carbonyl (C=O) groups is 1. The maximum Gasteiger partial charge on any atom is 0.407 e. The van der Waals surface area contributed by atoms with E-state index in [1.807, 2.05) is 0 Å². The maximum absolute atomic E-state index is 10.9. The van der Waals surface area contributed by atoms with E-state index in [1.54, 1.807) is 25.3 Å². The van der Waals surface area contributed by atoms with Crippen LogP contribution in [-0.4, -0.2) is 20.3 Å². The van der Waals surface area contributed by atoms with E-state index in [1.165, 1.54) is 7.11 Å². The number of alkyl carbamates (subject to hydrolysis) is 1. The zero-order valence-electron chi connectivity index (χ0n) is 8.74. The number of amides is 1. The minimum Gasteiger partial charge on any atom is -0.496 e. The second kappa shape index (κ2) is 5.09. The molecule has 0 atom stereocenters. The highest BCUT2D eigenvalue weighted by Gasteiger charge is 2.05. The van der Waals surface area contributed by atoms with Gasteiger partial charge in [0.1, 0.15) is 5.75 Å². The molecule has 3 N–H and O–H groups in total. The van der Waals surface area contributed by atoms with E-state index in [4.69, 9.17) is 10.5 Å². The zero-order chi connectivity index (χ0) is 11.3. The summed E-state index contributed by atoms with van der Waals surface area (Å²) in [5.41, 5.74) is 7.05. The lowest BCUT2D eigenvalue weighted by Crippen LogP contribution is -2.22. The van der Waals surface area contributed by atoms with Gasteiger partial charge in [-0.05, 0) is 18.2 Å². The Hall–Kier alpha value is -1.91. The van der Waals surface area contributed by atoms with Crippen LogP contribution in [0.25, 0.3) is 0 Å². The highest BCUT2D eigenvalue weighted by Crippen LogP contribution is 2.20. The Kier molecular flexibility index (Phi) is 3.79. The number of benzene rings is 1. The van der Waals surface area contributed by atoms with Gasteiger partial charge >= 0.3 is 6.09 Å². The van der Waals surface area contributed by atoms with Crippen molar-refractivity contribution in [1.82, 2.24) is 5.32 Å². The Morgan fingerprint density at radius 1 is 1.47 bits per heavy atom. The number of rotatable bonds is 3. The number of nitrogens with one attached hydrogen (secondary N) is 1. The van der Waals surface area contributed by atoms with Gasteiger partial charge in [0, 0.05) is 17.8 Å². The molecule has 0 aliphatic heterocycles. The van der Waals surface area contributed by atoms with Gasteiger partial charge in [0.15, 0.2) is 0 Å². The van der Waals surface area contributed by atoms with Gasteiger partial charge in [0.05, 0.1) is 14.2 Å². The van der Waals surface area contributed by atoms with E-state index in [0.717, 1.165) is 5.56 Å². The van der Waals surface area contributed by atoms with E-state index in [0.29, 0.717) is 18.0 Å². The number of hydrogen-bond donors (Lipinski definition) is 2. The molecule has 0 heterocycles. The first-order chi connectivity index (χ1) is 7.17. The number of hydrogen-bond acceptors (Lipinski definition) is 4. The van der Waals surface area contributed by atoms with E-state index >= 15 is 0 Å². The van der Waals surface area contributed by atoms with E-state index in [9.17, 15) is 4.79 Å². The molecule has 5 heteroatoms. The Morgan fingerprint density at radius 2 is 2.20 bits per heavy atom. The monoisotopic (exact) mass is 210 g/mol. The van der Waals surface area contributed by atoms with Crippen molar-refractivity contribution in [2.45, 2.75) is 6.54 Å². The molecule has 1 aromatic carbocycles. The van der Waals surface area contributed by atoms with Crippen molar-refractivity contribution in [1.29, 1.82) is 0 Å². The largest absolute Gasteiger partial charge is 0.496 e. The number of nitrogens with two attached hydrogens (primary N) is 1. The van der Waals surface area contributed by atoms with E-state index in [2.05, 4.69) is 10.1 Å². The van der Waals surface area contributed by atoms with Gasteiger partial charge in [0.2, 0.25) is 0 Å². The molecule has 1 amide bonds. The minimum absolute atomic E-state index is 0.320. The predicted molar refractivity (Wildman–Crippen MR) is 56.7 cm³/mol. The Balaban J connectivity index is 2.74. The molecule has 0 aliphatic rings. The number of anilines is 1. The standard InChI is InChI=1S/C10H14N2O3/c1-14-9-4-3-8(11)5-7(9)6-12-10(13)15-2/h3-5H,6,11H2,1-2H3,(H,12,13). The maximum atomic E-state index is 10.9. The van der Waals surface area contributed by atoms with Gasteiger partial charge in [-0.1, -0.05) is 0 Å². The van der Waals surface area contributed by atoms with Crippen molar-refractivity contribution >= 4 is 11.8 Å². The van der Waals surface area contributed by atoms with Crippen molar-refractivity contribution in [2.24, 2.45) is 0 Å². The fourth-order valence-corrected chi connectivity index (χ4v) is 1.18. The fraction of sp³-hybridized carbons (Fsp3) is 0.300. The Bertz CT molecular complexity index is 353. The molecule has 0 aliphatic carbocycles. The van der Waals surface area contributed by atoms with Gasteiger partial charge in [-0.25, -0.2) is 4.79 Å². The highest BCUT2D eigenvalue weighted by molar-refractivity contribution is 5.67. The lowest BCUT2D eigenvalue weighted by Gasteiger charge is -2.09. The average molecular weight is 210 g/mol. The van der Waals surface area contributed by atoms with Gasteiger partial charge < -0.3 is 20.5 Å². The molecular weight excluding hydrogens is 196 g/mol. The summed E-state index contributed by atoms with van der Waals surface area (Å²) < 4.78 is 9.57. The summed E-state index contributed by atoms with van der Waals surface area (Å²) >= 11 is 0. The average Bonchev–Trinajstić information content (AvgIpc) is 2.26. The third-order valence-corrected chi connectivity index (χ3v) is 1.91. The third kappa shape index (κ3) is 3.05. The van der Waals surface area contributed by atoms with Crippen LogP contribution in [0.15, 0.2) is 18.2 Å². The summed E-state index contributed by atoms with van der Waals surface area (Å²) in [5, 5.41) is 2.55. The summed E-state index contributed by atoms with van der Waals surface area (Å²) in [6.07, 6.45) is -0.487. The molecular formula is C10H14N2O3. The smallest absolute Gasteiger partial charge is 0.407 e. The van der Waals surface area contributed by atoms with Crippen LogP contribution in [0.5, 0.6) is 5.75 Å². The molecule has 5 nitrogen and oxygen atoms in total. The molecule has 1 rings (SSSR count). The molecule has 0 bridgehead atoms. The molecule has 0 unspecified atom stereocenters. The minimum atomic E-state index is -0.487. The zero-order valence-corrected chi connectivity index (χ0v) is 8.74. The summed E-state index contributed by atoms with van der Waals surface area (Å²) in [6.45, 7) is 0.320. The van der Waals surface area contributed by atoms with Crippen LogP contribution in [0, 0.1) is 0 Å². The summed E-state index contributed by atoms with van der Waals surface area (Å²) in [4.78, 5) is 10.9. The highest BCUT2D eigenvalue weighted by atomic mass is 16.5. The van der Waals surface area contributed by atoms with Gasteiger partial charge in [-0.3, -0.25) is 0 Å². The number of ether oxygens (including phenoxy) is 2. The van der Waals surface area contributed by atoms with Crippen molar-refractivity contribution in [3.05, 3.63) is 23.8 Å². The van der Waals surface area contributed by atoms with Crippen LogP contribution in [0.4, 0.5) is 10.5 Å². The quantitative estimate of drug-likeness (QED) is 0.733. The summed E-state index contributed by atoms with van der Waals surface area (Å²) in [7, 11) is 2.87. The second-order valence-corrected chi connectivity index (χ2v) is 2.92. The van der Waals surface area contributed by atoms with Gasteiger partial charge in [-0.15, -0.1) is 0 Å². The molecule has 0 aromatic heterocycles. The number of carbonyl (C=O) groups excluding carboxylic acids is 1. The normalized spacial score (nSPS) is 9.47. The summed E-state index contributed by atoms with van der Waals surface area (Å²) in [5.74, 6) is 0.681. The number of nitrogen functional groups attached to an aromatic ring is 1. The first kappa shape index (κ1) is 11.2. The fourth-order valence-electron chi connectivity index (χ4n) is 1.18. The molecule has 1 aromatic rings. The molecule has 0 fully saturated rings. The third-order valence-electron chi connectivity index (χ3n) is 1.91. The van der Waals surface area contributed by atoms with Crippen molar-refractivity contribution in [2.75, 3.05) is 20.0 Å². The SMILES string of the molecule is COC(=O)NCc1cc(N)ccc1OC.